The summed E-state index contributed by atoms with van der Waals surface area (Å²) in [6, 6.07) is 2.17. The van der Waals surface area contributed by atoms with Crippen LogP contribution in [0.1, 0.15) is 49.4 Å². The largest absolute Gasteiger partial charge is 0.297 e. The summed E-state index contributed by atoms with van der Waals surface area (Å²) in [7, 11) is 0. The van der Waals surface area contributed by atoms with Crippen LogP contribution >= 0.6 is 0 Å². The lowest BCUT2D eigenvalue weighted by molar-refractivity contribution is 0.452. The molecule has 1 aliphatic heterocycles. The van der Waals surface area contributed by atoms with Gasteiger partial charge in [0.1, 0.15) is 5.65 Å². The van der Waals surface area contributed by atoms with E-state index < -0.39 is 0 Å². The van der Waals surface area contributed by atoms with E-state index in [0.717, 1.165) is 61.7 Å². The van der Waals surface area contributed by atoms with E-state index in [2.05, 4.69) is 16.5 Å². The molecule has 0 saturated carbocycles. The van der Waals surface area contributed by atoms with Crippen molar-refractivity contribution in [1.29, 1.82) is 5.26 Å². The van der Waals surface area contributed by atoms with E-state index in [9.17, 15) is 4.79 Å². The lowest BCUT2D eigenvalue weighted by Crippen LogP contribution is -2.35. The Morgan fingerprint density at radius 2 is 2.13 bits per heavy atom. The SMILES string of the molecule is N#CCCn1ncc2c3c(c(=O)n([C@@H]4CCCN4)c21)CCCC3. The maximum atomic E-state index is 13.2. The molecular weight excluding hydrogens is 290 g/mol. The molecule has 0 amide bonds. The molecule has 2 aromatic rings. The number of nitriles is 1. The standard InChI is InChI=1S/C17H21N5O/c18-8-4-10-21-16-14(11-20-21)12-5-1-2-6-13(12)17(23)22(16)15-7-3-9-19-15/h11,15,19H,1-7,9-10H2/t15-/m1/s1. The molecule has 2 aliphatic rings. The summed E-state index contributed by atoms with van der Waals surface area (Å²) in [5.74, 6) is 0. The number of fused-ring (bicyclic) bond motifs is 3. The van der Waals surface area contributed by atoms with Crippen LogP contribution in [-0.2, 0) is 19.4 Å². The molecule has 0 spiro atoms. The summed E-state index contributed by atoms with van der Waals surface area (Å²) in [4.78, 5) is 13.2. The van der Waals surface area contributed by atoms with Gasteiger partial charge in [0.15, 0.2) is 0 Å². The molecule has 0 aromatic carbocycles. The first-order chi connectivity index (χ1) is 11.3. The number of pyridine rings is 1. The smallest absolute Gasteiger partial charge is 0.256 e. The first-order valence-corrected chi connectivity index (χ1v) is 8.53. The topological polar surface area (TPSA) is 75.6 Å². The summed E-state index contributed by atoms with van der Waals surface area (Å²) < 4.78 is 3.76. The molecule has 6 nitrogen and oxygen atoms in total. The number of nitrogens with one attached hydrogen (secondary N) is 1. The molecule has 1 aliphatic carbocycles. The number of rotatable bonds is 3. The highest BCUT2D eigenvalue weighted by Crippen LogP contribution is 2.29. The molecule has 120 valence electrons. The van der Waals surface area contributed by atoms with E-state index in [4.69, 9.17) is 5.26 Å². The third kappa shape index (κ3) is 2.27. The second-order valence-electron chi connectivity index (χ2n) is 6.46. The van der Waals surface area contributed by atoms with Gasteiger partial charge < -0.3 is 0 Å². The van der Waals surface area contributed by atoms with Gasteiger partial charge in [0, 0.05) is 10.9 Å². The summed E-state index contributed by atoms with van der Waals surface area (Å²) >= 11 is 0. The van der Waals surface area contributed by atoms with Crippen LogP contribution in [0.15, 0.2) is 11.0 Å². The van der Waals surface area contributed by atoms with Crippen LogP contribution in [0.5, 0.6) is 0 Å². The number of hydrogen-bond donors (Lipinski definition) is 1. The van der Waals surface area contributed by atoms with Gasteiger partial charge >= 0.3 is 0 Å². The zero-order valence-corrected chi connectivity index (χ0v) is 13.2. The minimum atomic E-state index is 0.0507. The zero-order valence-electron chi connectivity index (χ0n) is 13.2. The average Bonchev–Trinajstić information content (AvgIpc) is 3.24. The second-order valence-corrected chi connectivity index (χ2v) is 6.46. The first kappa shape index (κ1) is 14.5. The van der Waals surface area contributed by atoms with Gasteiger partial charge in [-0.1, -0.05) is 0 Å². The van der Waals surface area contributed by atoms with Crippen LogP contribution < -0.4 is 10.9 Å². The summed E-state index contributed by atoms with van der Waals surface area (Å²) in [6.45, 7) is 1.48. The fraction of sp³-hybridized carbons (Fsp3) is 0.588. The monoisotopic (exact) mass is 311 g/mol. The van der Waals surface area contributed by atoms with Crippen molar-refractivity contribution in [3.63, 3.8) is 0 Å². The van der Waals surface area contributed by atoms with Crippen LogP contribution in [0.2, 0.25) is 0 Å². The maximum Gasteiger partial charge on any atom is 0.256 e. The molecule has 1 saturated heterocycles. The fourth-order valence-electron chi connectivity index (χ4n) is 4.02. The Morgan fingerprint density at radius 3 is 2.87 bits per heavy atom. The summed E-state index contributed by atoms with van der Waals surface area (Å²) in [5, 5.41) is 17.9. The normalized spacial score (nSPS) is 20.6. The van der Waals surface area contributed by atoms with Gasteiger partial charge in [0.05, 0.1) is 31.4 Å². The lowest BCUT2D eigenvalue weighted by atomic mass is 9.91. The summed E-state index contributed by atoms with van der Waals surface area (Å²) in [5.41, 5.74) is 3.21. The number of nitrogens with zero attached hydrogens (tertiary/aromatic N) is 4. The Morgan fingerprint density at radius 1 is 1.30 bits per heavy atom. The third-order valence-electron chi connectivity index (χ3n) is 5.09. The van der Waals surface area contributed by atoms with Crippen molar-refractivity contribution in [3.05, 3.63) is 27.7 Å². The minimum absolute atomic E-state index is 0.0507. The second kappa shape index (κ2) is 5.82. The Hall–Kier alpha value is -2.13. The van der Waals surface area contributed by atoms with Crippen molar-refractivity contribution in [2.45, 2.75) is 57.7 Å². The molecule has 23 heavy (non-hydrogen) atoms. The molecule has 1 N–H and O–H groups in total. The summed E-state index contributed by atoms with van der Waals surface area (Å²) in [6.07, 6.45) is 8.46. The molecule has 6 heteroatoms. The molecule has 0 radical (unpaired) electrons. The highest BCUT2D eigenvalue weighted by Gasteiger charge is 2.27. The quantitative estimate of drug-likeness (QED) is 0.939. The van der Waals surface area contributed by atoms with Crippen molar-refractivity contribution in [2.24, 2.45) is 0 Å². The van der Waals surface area contributed by atoms with Crippen molar-refractivity contribution >= 4 is 11.0 Å². The molecule has 1 fully saturated rings. The van der Waals surface area contributed by atoms with E-state index in [0.29, 0.717) is 13.0 Å². The van der Waals surface area contributed by atoms with Crippen LogP contribution in [0.4, 0.5) is 0 Å². The van der Waals surface area contributed by atoms with Gasteiger partial charge in [-0.25, -0.2) is 4.68 Å². The minimum Gasteiger partial charge on any atom is -0.297 e. The van der Waals surface area contributed by atoms with Gasteiger partial charge in [0.25, 0.3) is 5.56 Å². The van der Waals surface area contributed by atoms with Crippen LogP contribution in [0, 0.1) is 11.3 Å². The molecule has 3 heterocycles. The van der Waals surface area contributed by atoms with Crippen molar-refractivity contribution in [2.75, 3.05) is 6.54 Å². The van der Waals surface area contributed by atoms with Crippen LogP contribution in [0.3, 0.4) is 0 Å². The van der Waals surface area contributed by atoms with Crippen molar-refractivity contribution in [3.8, 4) is 6.07 Å². The van der Waals surface area contributed by atoms with E-state index >= 15 is 0 Å². The molecule has 0 unspecified atom stereocenters. The number of hydrogen-bond acceptors (Lipinski definition) is 4. The Balaban J connectivity index is 1.99. The van der Waals surface area contributed by atoms with E-state index in [-0.39, 0.29) is 11.7 Å². The van der Waals surface area contributed by atoms with E-state index in [1.807, 2.05) is 15.4 Å². The van der Waals surface area contributed by atoms with E-state index in [1.165, 1.54) is 5.56 Å². The van der Waals surface area contributed by atoms with Gasteiger partial charge in [-0.05, 0) is 50.6 Å². The maximum absolute atomic E-state index is 13.2. The first-order valence-electron chi connectivity index (χ1n) is 8.53. The number of aryl methyl sites for hydroxylation is 2. The van der Waals surface area contributed by atoms with Gasteiger partial charge in [-0.3, -0.25) is 14.7 Å². The highest BCUT2D eigenvalue weighted by atomic mass is 16.1. The van der Waals surface area contributed by atoms with Crippen LogP contribution in [-0.4, -0.2) is 20.9 Å². The van der Waals surface area contributed by atoms with Crippen LogP contribution in [0.25, 0.3) is 11.0 Å². The Bertz CT molecular complexity index is 835. The van der Waals surface area contributed by atoms with Gasteiger partial charge in [-0.2, -0.15) is 10.4 Å². The predicted molar refractivity (Wildman–Crippen MR) is 87.1 cm³/mol. The predicted octanol–water partition coefficient (Wildman–Crippen LogP) is 1.87. The van der Waals surface area contributed by atoms with Crippen molar-refractivity contribution in [1.82, 2.24) is 19.7 Å². The Kier molecular flexibility index (Phi) is 3.66. The average molecular weight is 311 g/mol. The molecule has 4 rings (SSSR count). The molecule has 0 bridgehead atoms. The lowest BCUT2D eigenvalue weighted by Gasteiger charge is -2.23. The molecular formula is C17H21N5O. The highest BCUT2D eigenvalue weighted by molar-refractivity contribution is 5.81. The number of aromatic nitrogens is 3. The fourth-order valence-corrected chi connectivity index (χ4v) is 4.02. The van der Waals surface area contributed by atoms with E-state index in [1.54, 1.807) is 0 Å². The van der Waals surface area contributed by atoms with Gasteiger partial charge in [0.2, 0.25) is 0 Å². The molecule has 2 aromatic heterocycles. The molecule has 1 atom stereocenters. The van der Waals surface area contributed by atoms with Crippen molar-refractivity contribution < 1.29 is 0 Å². The Labute approximate surface area is 134 Å². The van der Waals surface area contributed by atoms with Gasteiger partial charge in [-0.15, -0.1) is 0 Å². The zero-order chi connectivity index (χ0) is 15.8. The third-order valence-corrected chi connectivity index (χ3v) is 5.09.